The molecule has 1 aliphatic rings. The maximum Gasteiger partial charge on any atom is 0.332 e. The van der Waals surface area contributed by atoms with Crippen LogP contribution >= 0.6 is 0 Å². The summed E-state index contributed by atoms with van der Waals surface area (Å²) >= 11 is 0. The topological polar surface area (TPSA) is 142 Å². The number of ether oxygens (including phenoxy) is 2. The van der Waals surface area contributed by atoms with Gasteiger partial charge in [0.2, 0.25) is 0 Å². The van der Waals surface area contributed by atoms with Crippen molar-refractivity contribution < 1.29 is 34.7 Å². The molecule has 0 aromatic rings. The third-order valence-corrected chi connectivity index (χ3v) is 2.61. The first-order valence-electron chi connectivity index (χ1n) is 5.14. The molecular weight excluding hydrogens is 234 g/mol. The molecule has 0 radical (unpaired) electrons. The molecule has 0 amide bonds. The van der Waals surface area contributed by atoms with E-state index in [4.69, 9.17) is 25.4 Å². The van der Waals surface area contributed by atoms with Gasteiger partial charge in [0.25, 0.3) is 0 Å². The lowest BCUT2D eigenvalue weighted by atomic mass is 9.98. The van der Waals surface area contributed by atoms with Crippen molar-refractivity contribution in [3.63, 3.8) is 0 Å². The molecule has 8 nitrogen and oxygen atoms in total. The number of rotatable bonds is 4. The van der Waals surface area contributed by atoms with Crippen molar-refractivity contribution >= 4 is 5.97 Å². The Morgan fingerprint density at radius 1 is 1.47 bits per heavy atom. The van der Waals surface area contributed by atoms with E-state index in [1.807, 2.05) is 0 Å². The Hall–Kier alpha value is -0.770. The SMILES string of the molecule is CC(OC1O[C@H](CO)[C@@H](O)[C@H](O)[C@H]1N)C(=O)O. The van der Waals surface area contributed by atoms with Crippen molar-refractivity contribution in [3.05, 3.63) is 0 Å². The smallest absolute Gasteiger partial charge is 0.332 e. The van der Waals surface area contributed by atoms with Gasteiger partial charge in [0.1, 0.15) is 18.3 Å². The van der Waals surface area contributed by atoms with Gasteiger partial charge in [-0.05, 0) is 6.92 Å². The number of carboxylic acids is 1. The Labute approximate surface area is 97.6 Å². The van der Waals surface area contributed by atoms with Crippen LogP contribution < -0.4 is 5.73 Å². The zero-order valence-electron chi connectivity index (χ0n) is 9.26. The van der Waals surface area contributed by atoms with Crippen LogP contribution in [0.1, 0.15) is 6.92 Å². The van der Waals surface area contributed by atoms with E-state index in [0.717, 1.165) is 0 Å². The third-order valence-electron chi connectivity index (χ3n) is 2.61. The summed E-state index contributed by atoms with van der Waals surface area (Å²) in [5.41, 5.74) is 5.54. The number of carboxylic acid groups (broad SMARTS) is 1. The highest BCUT2D eigenvalue weighted by Gasteiger charge is 2.43. The van der Waals surface area contributed by atoms with Crippen LogP contribution in [0.3, 0.4) is 0 Å². The van der Waals surface area contributed by atoms with Crippen LogP contribution in [0, 0.1) is 0 Å². The number of aliphatic carboxylic acids is 1. The van der Waals surface area contributed by atoms with Crippen LogP contribution in [0.25, 0.3) is 0 Å². The number of aliphatic hydroxyl groups excluding tert-OH is 3. The molecule has 8 heteroatoms. The summed E-state index contributed by atoms with van der Waals surface area (Å²) in [5.74, 6) is -1.21. The van der Waals surface area contributed by atoms with E-state index in [9.17, 15) is 15.0 Å². The maximum atomic E-state index is 10.6. The van der Waals surface area contributed by atoms with Gasteiger partial charge >= 0.3 is 5.97 Å². The van der Waals surface area contributed by atoms with Crippen LogP contribution in [-0.4, -0.2) is 69.8 Å². The van der Waals surface area contributed by atoms with Crippen LogP contribution in [-0.2, 0) is 14.3 Å². The van der Waals surface area contributed by atoms with Gasteiger partial charge < -0.3 is 35.6 Å². The Morgan fingerprint density at radius 2 is 2.06 bits per heavy atom. The Bertz CT molecular complexity index is 272. The molecule has 1 heterocycles. The van der Waals surface area contributed by atoms with Crippen LogP contribution in [0.2, 0.25) is 0 Å². The second-order valence-electron chi connectivity index (χ2n) is 3.90. The van der Waals surface area contributed by atoms with Gasteiger partial charge in [0.05, 0.1) is 12.6 Å². The van der Waals surface area contributed by atoms with Gasteiger partial charge in [0, 0.05) is 0 Å². The fraction of sp³-hybridized carbons (Fsp3) is 0.889. The van der Waals surface area contributed by atoms with Gasteiger partial charge in [-0.2, -0.15) is 0 Å². The average molecular weight is 251 g/mol. The van der Waals surface area contributed by atoms with Crippen molar-refractivity contribution in [2.45, 2.75) is 43.7 Å². The number of nitrogens with two attached hydrogens (primary N) is 1. The van der Waals surface area contributed by atoms with Crippen molar-refractivity contribution in [1.82, 2.24) is 0 Å². The molecule has 0 saturated carbocycles. The molecule has 2 unspecified atom stereocenters. The van der Waals surface area contributed by atoms with Crippen molar-refractivity contribution in [2.75, 3.05) is 6.61 Å². The summed E-state index contributed by atoms with van der Waals surface area (Å²) in [4.78, 5) is 10.6. The molecule has 100 valence electrons. The van der Waals surface area contributed by atoms with E-state index in [-0.39, 0.29) is 0 Å². The molecule has 1 rings (SSSR count). The molecular formula is C9H17NO7. The maximum absolute atomic E-state index is 10.6. The standard InChI is InChI=1S/C9H17NO7/c1-3(8(14)15)16-9-5(10)7(13)6(12)4(2-11)17-9/h3-7,9,11-13H,2,10H2,1H3,(H,14,15)/t3?,4-,5-,6-,7-,9?/m1/s1. The number of aliphatic hydroxyl groups is 3. The Balaban J connectivity index is 2.68. The van der Waals surface area contributed by atoms with Gasteiger partial charge in [0.15, 0.2) is 12.4 Å². The summed E-state index contributed by atoms with van der Waals surface area (Å²) in [6.45, 7) is 0.746. The number of hydrogen-bond donors (Lipinski definition) is 5. The predicted octanol–water partition coefficient (Wildman–Crippen LogP) is -2.76. The largest absolute Gasteiger partial charge is 0.479 e. The minimum absolute atomic E-state index is 0.535. The number of hydrogen-bond acceptors (Lipinski definition) is 7. The fourth-order valence-corrected chi connectivity index (χ4v) is 1.49. The Kier molecular flexibility index (Phi) is 4.80. The molecule has 0 aliphatic carbocycles. The van der Waals surface area contributed by atoms with Crippen LogP contribution in [0.5, 0.6) is 0 Å². The summed E-state index contributed by atoms with van der Waals surface area (Å²) in [7, 11) is 0. The lowest BCUT2D eigenvalue weighted by Crippen LogP contribution is -2.63. The molecule has 6 atom stereocenters. The van der Waals surface area contributed by atoms with Gasteiger partial charge in [-0.3, -0.25) is 0 Å². The molecule has 1 fully saturated rings. The monoisotopic (exact) mass is 251 g/mol. The van der Waals surface area contributed by atoms with E-state index in [0.29, 0.717) is 0 Å². The van der Waals surface area contributed by atoms with Crippen LogP contribution in [0.4, 0.5) is 0 Å². The van der Waals surface area contributed by atoms with E-state index in [2.05, 4.69) is 0 Å². The first-order valence-corrected chi connectivity index (χ1v) is 5.14. The zero-order chi connectivity index (χ0) is 13.2. The normalized spacial score (nSPS) is 39.9. The lowest BCUT2D eigenvalue weighted by Gasteiger charge is -2.40. The van der Waals surface area contributed by atoms with E-state index in [1.165, 1.54) is 6.92 Å². The molecule has 1 saturated heterocycles. The molecule has 6 N–H and O–H groups in total. The minimum Gasteiger partial charge on any atom is -0.479 e. The average Bonchev–Trinajstić information content (AvgIpc) is 2.29. The van der Waals surface area contributed by atoms with Gasteiger partial charge in [-0.1, -0.05) is 0 Å². The van der Waals surface area contributed by atoms with Crippen LogP contribution in [0.15, 0.2) is 0 Å². The molecule has 0 spiro atoms. The van der Waals surface area contributed by atoms with E-state index < -0.39 is 49.3 Å². The molecule has 0 aromatic heterocycles. The summed E-state index contributed by atoms with van der Waals surface area (Å²) < 4.78 is 10.1. The summed E-state index contributed by atoms with van der Waals surface area (Å²) in [6, 6.07) is -1.09. The zero-order valence-corrected chi connectivity index (χ0v) is 9.26. The number of carbonyl (C=O) groups is 1. The molecule has 0 aromatic carbocycles. The minimum atomic E-state index is -1.35. The van der Waals surface area contributed by atoms with Crippen molar-refractivity contribution in [2.24, 2.45) is 5.73 Å². The summed E-state index contributed by atoms with van der Waals surface area (Å²) in [6.07, 6.45) is -6.12. The van der Waals surface area contributed by atoms with E-state index in [1.54, 1.807) is 0 Å². The van der Waals surface area contributed by atoms with Gasteiger partial charge in [-0.15, -0.1) is 0 Å². The first kappa shape index (κ1) is 14.3. The predicted molar refractivity (Wildman–Crippen MR) is 53.9 cm³/mol. The fourth-order valence-electron chi connectivity index (χ4n) is 1.49. The van der Waals surface area contributed by atoms with Gasteiger partial charge in [-0.25, -0.2) is 4.79 Å². The first-order chi connectivity index (χ1) is 7.88. The molecule has 17 heavy (non-hydrogen) atoms. The summed E-state index contributed by atoms with van der Waals surface area (Å²) in [5, 5.41) is 36.6. The Morgan fingerprint density at radius 3 is 2.53 bits per heavy atom. The lowest BCUT2D eigenvalue weighted by molar-refractivity contribution is -0.275. The second kappa shape index (κ2) is 5.71. The molecule has 1 aliphatic heterocycles. The third kappa shape index (κ3) is 3.12. The highest BCUT2D eigenvalue weighted by Crippen LogP contribution is 2.21. The second-order valence-corrected chi connectivity index (χ2v) is 3.90. The molecule has 0 bridgehead atoms. The van der Waals surface area contributed by atoms with Crippen molar-refractivity contribution in [3.8, 4) is 0 Å². The highest BCUT2D eigenvalue weighted by atomic mass is 16.7. The van der Waals surface area contributed by atoms with E-state index >= 15 is 0 Å². The van der Waals surface area contributed by atoms with Crippen molar-refractivity contribution in [1.29, 1.82) is 0 Å². The quantitative estimate of drug-likeness (QED) is 0.361. The highest BCUT2D eigenvalue weighted by molar-refractivity contribution is 5.71.